The van der Waals surface area contributed by atoms with Crippen molar-refractivity contribution in [3.05, 3.63) is 81.0 Å². The Morgan fingerprint density at radius 3 is 2.57 bits per heavy atom. The number of thiophene rings is 1. The van der Waals surface area contributed by atoms with Crippen molar-refractivity contribution in [2.75, 3.05) is 27.3 Å². The minimum absolute atomic E-state index is 0.0252. The molecule has 1 atom stereocenters. The van der Waals surface area contributed by atoms with E-state index < -0.39 is 0 Å². The highest BCUT2D eigenvalue weighted by molar-refractivity contribution is 7.10. The predicted octanol–water partition coefficient (Wildman–Crippen LogP) is 4.85. The second-order valence-electron chi connectivity index (χ2n) is 9.13. The Balaban J connectivity index is 1.44. The van der Waals surface area contributed by atoms with E-state index in [1.165, 1.54) is 17.6 Å². The fraction of sp³-hybridized carbons (Fsp3) is 0.357. The van der Waals surface area contributed by atoms with E-state index in [2.05, 4.69) is 30.5 Å². The second kappa shape index (κ2) is 9.74. The summed E-state index contributed by atoms with van der Waals surface area (Å²) in [4.78, 5) is 32.5. The third-order valence-corrected chi connectivity index (χ3v) is 7.96. The SMILES string of the molecule is COc1ccc(C(=O)N(CC(=O)N2CCc3sccc3C2c2ccccc2C)C2CC2)c(OC)c1. The number of carbonyl (C=O) groups is 2. The minimum atomic E-state index is -0.180. The van der Waals surface area contributed by atoms with Crippen molar-refractivity contribution in [1.29, 1.82) is 0 Å². The maximum absolute atomic E-state index is 13.8. The number of fused-ring (bicyclic) bond motifs is 1. The van der Waals surface area contributed by atoms with E-state index in [1.54, 1.807) is 41.5 Å². The van der Waals surface area contributed by atoms with Gasteiger partial charge in [-0.1, -0.05) is 24.3 Å². The van der Waals surface area contributed by atoms with E-state index in [1.807, 2.05) is 17.0 Å². The molecule has 5 rings (SSSR count). The lowest BCUT2D eigenvalue weighted by Gasteiger charge is -2.38. The molecular formula is C28H30N2O4S. The number of methoxy groups -OCH3 is 2. The molecule has 0 saturated heterocycles. The number of rotatable bonds is 7. The zero-order valence-corrected chi connectivity index (χ0v) is 21.1. The molecule has 1 aliphatic heterocycles. The lowest BCUT2D eigenvalue weighted by atomic mass is 9.90. The van der Waals surface area contributed by atoms with E-state index in [0.717, 1.165) is 30.4 Å². The van der Waals surface area contributed by atoms with Gasteiger partial charge in [-0.05, 0) is 66.5 Å². The van der Waals surface area contributed by atoms with Crippen LogP contribution in [0.4, 0.5) is 0 Å². The Kier molecular flexibility index (Phi) is 6.52. The third kappa shape index (κ3) is 4.52. The van der Waals surface area contributed by atoms with Crippen LogP contribution in [-0.4, -0.2) is 55.0 Å². The van der Waals surface area contributed by atoms with Crippen molar-refractivity contribution in [3.63, 3.8) is 0 Å². The van der Waals surface area contributed by atoms with Gasteiger partial charge < -0.3 is 19.3 Å². The molecule has 0 radical (unpaired) electrons. The molecule has 35 heavy (non-hydrogen) atoms. The Morgan fingerprint density at radius 2 is 1.86 bits per heavy atom. The molecule has 1 fully saturated rings. The molecule has 0 spiro atoms. The number of hydrogen-bond acceptors (Lipinski definition) is 5. The fourth-order valence-corrected chi connectivity index (χ4v) is 5.84. The summed E-state index contributed by atoms with van der Waals surface area (Å²) < 4.78 is 10.8. The van der Waals surface area contributed by atoms with Crippen LogP contribution in [0.25, 0.3) is 0 Å². The first-order chi connectivity index (χ1) is 17.0. The van der Waals surface area contributed by atoms with Gasteiger partial charge in [-0.15, -0.1) is 11.3 Å². The summed E-state index contributed by atoms with van der Waals surface area (Å²) in [6.45, 7) is 2.79. The first-order valence-corrected chi connectivity index (χ1v) is 12.8. The van der Waals surface area contributed by atoms with Crippen LogP contribution in [0.5, 0.6) is 11.5 Å². The first-order valence-electron chi connectivity index (χ1n) is 12.0. The second-order valence-corrected chi connectivity index (χ2v) is 10.1. The van der Waals surface area contributed by atoms with Crippen LogP contribution in [0.2, 0.25) is 0 Å². The van der Waals surface area contributed by atoms with Gasteiger partial charge in [0.05, 0.1) is 25.8 Å². The predicted molar refractivity (Wildman–Crippen MR) is 136 cm³/mol. The van der Waals surface area contributed by atoms with Gasteiger partial charge in [0.25, 0.3) is 5.91 Å². The van der Waals surface area contributed by atoms with Crippen molar-refractivity contribution >= 4 is 23.2 Å². The highest BCUT2D eigenvalue weighted by atomic mass is 32.1. The molecular weight excluding hydrogens is 460 g/mol. The smallest absolute Gasteiger partial charge is 0.258 e. The summed E-state index contributed by atoms with van der Waals surface area (Å²) in [6, 6.07) is 15.5. The molecule has 2 aliphatic rings. The van der Waals surface area contributed by atoms with Crippen molar-refractivity contribution in [1.82, 2.24) is 9.80 Å². The number of carbonyl (C=O) groups excluding carboxylic acids is 2. The highest BCUT2D eigenvalue weighted by Gasteiger charge is 2.39. The van der Waals surface area contributed by atoms with Crippen LogP contribution in [0.15, 0.2) is 53.9 Å². The molecule has 7 heteroatoms. The number of nitrogens with zero attached hydrogens (tertiary/aromatic N) is 2. The molecule has 2 heterocycles. The van der Waals surface area contributed by atoms with Gasteiger partial charge in [-0.3, -0.25) is 9.59 Å². The van der Waals surface area contributed by atoms with Crippen molar-refractivity contribution < 1.29 is 19.1 Å². The molecule has 182 valence electrons. The van der Waals surface area contributed by atoms with Crippen LogP contribution in [0, 0.1) is 6.92 Å². The molecule has 1 aliphatic carbocycles. The van der Waals surface area contributed by atoms with Gasteiger partial charge in [-0.25, -0.2) is 0 Å². The Labute approximate surface area is 210 Å². The maximum atomic E-state index is 13.8. The maximum Gasteiger partial charge on any atom is 0.258 e. The third-order valence-electron chi connectivity index (χ3n) is 6.96. The standard InChI is InChI=1S/C28H30N2O4S/c1-18-6-4-5-7-21(18)27-23-13-15-35-25(23)12-14-29(27)26(31)17-30(19-8-9-19)28(32)22-11-10-20(33-2)16-24(22)34-3/h4-7,10-11,13,15-16,19,27H,8-9,12,14,17H2,1-3H3. The number of ether oxygens (including phenoxy) is 2. The van der Waals surface area contributed by atoms with Gasteiger partial charge in [0.1, 0.15) is 18.0 Å². The summed E-state index contributed by atoms with van der Waals surface area (Å²) >= 11 is 1.75. The van der Waals surface area contributed by atoms with E-state index in [4.69, 9.17) is 9.47 Å². The van der Waals surface area contributed by atoms with Crippen LogP contribution in [0.3, 0.4) is 0 Å². The van der Waals surface area contributed by atoms with Gasteiger partial charge in [0.15, 0.2) is 0 Å². The van der Waals surface area contributed by atoms with Gasteiger partial charge in [0, 0.05) is 23.5 Å². The topological polar surface area (TPSA) is 59.1 Å². The zero-order chi connectivity index (χ0) is 24.5. The molecule has 6 nitrogen and oxygen atoms in total. The van der Waals surface area contributed by atoms with E-state index in [-0.39, 0.29) is 30.4 Å². The van der Waals surface area contributed by atoms with Crippen molar-refractivity contribution in [2.24, 2.45) is 0 Å². The monoisotopic (exact) mass is 490 g/mol. The van der Waals surface area contributed by atoms with Gasteiger partial charge >= 0.3 is 0 Å². The van der Waals surface area contributed by atoms with Crippen LogP contribution in [-0.2, 0) is 11.2 Å². The number of amides is 2. The lowest BCUT2D eigenvalue weighted by Crippen LogP contribution is -2.47. The van der Waals surface area contributed by atoms with E-state index in [9.17, 15) is 9.59 Å². The average Bonchev–Trinajstić information content (AvgIpc) is 3.61. The van der Waals surface area contributed by atoms with Crippen LogP contribution in [0.1, 0.15) is 50.8 Å². The molecule has 1 saturated carbocycles. The molecule has 2 aromatic carbocycles. The Morgan fingerprint density at radius 1 is 1.06 bits per heavy atom. The molecule has 2 amide bonds. The van der Waals surface area contributed by atoms with Crippen LogP contribution < -0.4 is 9.47 Å². The summed E-state index contributed by atoms with van der Waals surface area (Å²) in [5.41, 5.74) is 3.95. The zero-order valence-electron chi connectivity index (χ0n) is 20.3. The summed E-state index contributed by atoms with van der Waals surface area (Å²) in [5, 5.41) is 2.11. The average molecular weight is 491 g/mol. The molecule has 1 unspecified atom stereocenters. The normalized spacial score (nSPS) is 17.0. The lowest BCUT2D eigenvalue weighted by molar-refractivity contribution is -0.134. The fourth-order valence-electron chi connectivity index (χ4n) is 4.93. The van der Waals surface area contributed by atoms with Crippen LogP contribution >= 0.6 is 11.3 Å². The number of benzene rings is 2. The van der Waals surface area contributed by atoms with Gasteiger partial charge in [-0.2, -0.15) is 0 Å². The first kappa shape index (κ1) is 23.4. The minimum Gasteiger partial charge on any atom is -0.497 e. The van der Waals surface area contributed by atoms with Crippen molar-refractivity contribution in [2.45, 2.75) is 38.3 Å². The summed E-state index contributed by atoms with van der Waals surface area (Å²) in [7, 11) is 3.12. The summed E-state index contributed by atoms with van der Waals surface area (Å²) in [5.74, 6) is 0.864. The highest BCUT2D eigenvalue weighted by Crippen LogP contribution is 2.39. The Bertz CT molecular complexity index is 1250. The number of aryl methyl sites for hydroxylation is 1. The van der Waals surface area contributed by atoms with Gasteiger partial charge in [0.2, 0.25) is 5.91 Å². The number of hydrogen-bond donors (Lipinski definition) is 0. The molecule has 3 aromatic rings. The van der Waals surface area contributed by atoms with Crippen molar-refractivity contribution in [3.8, 4) is 11.5 Å². The largest absolute Gasteiger partial charge is 0.497 e. The molecule has 0 N–H and O–H groups in total. The Hall–Kier alpha value is -3.32. The molecule has 1 aromatic heterocycles. The summed E-state index contributed by atoms with van der Waals surface area (Å²) in [6.07, 6.45) is 2.66. The van der Waals surface area contributed by atoms with E-state index in [0.29, 0.717) is 23.6 Å². The van der Waals surface area contributed by atoms with E-state index >= 15 is 0 Å². The quantitative estimate of drug-likeness (QED) is 0.475. The molecule has 0 bridgehead atoms.